The minimum atomic E-state index is 0.489. The van der Waals surface area contributed by atoms with Crippen LogP contribution in [0.15, 0.2) is 42.5 Å². The Bertz CT molecular complexity index is 653. The Morgan fingerprint density at radius 2 is 1.86 bits per heavy atom. The van der Waals surface area contributed by atoms with Gasteiger partial charge in [-0.2, -0.15) is 0 Å². The number of halogens is 1. The molecule has 0 saturated carbocycles. The number of thiocarbonyl (C=S) groups is 1. The molecular formula is C17H19ClN2S. The molecule has 0 unspecified atom stereocenters. The third kappa shape index (κ3) is 4.45. The second-order valence-electron chi connectivity index (χ2n) is 5.32. The van der Waals surface area contributed by atoms with Gasteiger partial charge in [0.1, 0.15) is 0 Å². The van der Waals surface area contributed by atoms with E-state index in [1.54, 1.807) is 0 Å². The fraction of sp³-hybridized carbons (Fsp3) is 0.235. The minimum Gasteiger partial charge on any atom is -0.332 e. The lowest BCUT2D eigenvalue weighted by Gasteiger charge is -2.14. The van der Waals surface area contributed by atoms with Gasteiger partial charge in [-0.1, -0.05) is 43.6 Å². The molecule has 0 amide bonds. The van der Waals surface area contributed by atoms with Gasteiger partial charge in [0.25, 0.3) is 0 Å². The van der Waals surface area contributed by atoms with Crippen LogP contribution in [0.2, 0.25) is 5.02 Å². The van der Waals surface area contributed by atoms with Gasteiger partial charge in [-0.25, -0.2) is 0 Å². The predicted octanol–water partition coefficient (Wildman–Crippen LogP) is 5.58. The second-order valence-corrected chi connectivity index (χ2v) is 6.16. The Morgan fingerprint density at radius 1 is 1.10 bits per heavy atom. The molecule has 2 N–H and O–H groups in total. The van der Waals surface area contributed by atoms with E-state index < -0.39 is 0 Å². The zero-order chi connectivity index (χ0) is 15.4. The number of hydrogen-bond donors (Lipinski definition) is 2. The van der Waals surface area contributed by atoms with Crippen LogP contribution in [0.3, 0.4) is 0 Å². The molecule has 0 aliphatic rings. The van der Waals surface area contributed by atoms with E-state index in [9.17, 15) is 0 Å². The highest BCUT2D eigenvalue weighted by molar-refractivity contribution is 7.80. The molecule has 0 aromatic heterocycles. The van der Waals surface area contributed by atoms with Crippen LogP contribution >= 0.6 is 23.8 Å². The fourth-order valence-electron chi connectivity index (χ4n) is 1.99. The number of benzene rings is 2. The van der Waals surface area contributed by atoms with Crippen molar-refractivity contribution in [3.63, 3.8) is 0 Å². The molecule has 2 aromatic rings. The van der Waals surface area contributed by atoms with Gasteiger partial charge in [-0.05, 0) is 60.5 Å². The molecule has 0 heterocycles. The van der Waals surface area contributed by atoms with Crippen molar-refractivity contribution >= 4 is 40.3 Å². The molecule has 2 rings (SSSR count). The highest BCUT2D eigenvalue weighted by Crippen LogP contribution is 2.21. The van der Waals surface area contributed by atoms with Gasteiger partial charge in [0.05, 0.1) is 0 Å². The number of hydrogen-bond acceptors (Lipinski definition) is 1. The van der Waals surface area contributed by atoms with Crippen LogP contribution < -0.4 is 10.6 Å². The summed E-state index contributed by atoms with van der Waals surface area (Å²) in [4.78, 5) is 0. The van der Waals surface area contributed by atoms with Crippen molar-refractivity contribution in [2.45, 2.75) is 26.7 Å². The monoisotopic (exact) mass is 318 g/mol. The largest absolute Gasteiger partial charge is 0.332 e. The van der Waals surface area contributed by atoms with E-state index in [1.165, 1.54) is 5.56 Å². The molecular weight excluding hydrogens is 300 g/mol. The van der Waals surface area contributed by atoms with Gasteiger partial charge < -0.3 is 10.6 Å². The first-order valence-electron chi connectivity index (χ1n) is 6.90. The first-order valence-corrected chi connectivity index (χ1v) is 7.68. The minimum absolute atomic E-state index is 0.489. The van der Waals surface area contributed by atoms with Gasteiger partial charge in [-0.15, -0.1) is 0 Å². The van der Waals surface area contributed by atoms with Gasteiger partial charge in [0.2, 0.25) is 0 Å². The summed E-state index contributed by atoms with van der Waals surface area (Å²) < 4.78 is 0. The SMILES string of the molecule is Cc1ccc(Cl)cc1NC(=S)Nc1cccc(C(C)C)c1. The molecule has 21 heavy (non-hydrogen) atoms. The van der Waals surface area contributed by atoms with Crippen LogP contribution in [-0.2, 0) is 0 Å². The Balaban J connectivity index is 2.08. The summed E-state index contributed by atoms with van der Waals surface area (Å²) in [5, 5.41) is 7.64. The average molecular weight is 319 g/mol. The summed E-state index contributed by atoms with van der Waals surface area (Å²) >= 11 is 11.4. The van der Waals surface area contributed by atoms with E-state index in [-0.39, 0.29) is 0 Å². The summed E-state index contributed by atoms with van der Waals surface area (Å²) in [5.74, 6) is 0.489. The van der Waals surface area contributed by atoms with Gasteiger partial charge >= 0.3 is 0 Å². The van der Waals surface area contributed by atoms with E-state index in [0.717, 1.165) is 16.9 Å². The average Bonchev–Trinajstić information content (AvgIpc) is 2.43. The molecule has 2 aromatic carbocycles. The number of rotatable bonds is 3. The molecule has 0 fully saturated rings. The highest BCUT2D eigenvalue weighted by atomic mass is 35.5. The summed E-state index contributed by atoms with van der Waals surface area (Å²) in [6.07, 6.45) is 0. The lowest BCUT2D eigenvalue weighted by Crippen LogP contribution is -2.19. The van der Waals surface area contributed by atoms with Crippen LogP contribution in [0.4, 0.5) is 11.4 Å². The molecule has 0 saturated heterocycles. The van der Waals surface area contributed by atoms with Crippen molar-refractivity contribution in [1.82, 2.24) is 0 Å². The van der Waals surface area contributed by atoms with E-state index >= 15 is 0 Å². The number of anilines is 2. The second kappa shape index (κ2) is 6.92. The summed E-state index contributed by atoms with van der Waals surface area (Å²) in [6, 6.07) is 14.0. The molecule has 0 radical (unpaired) electrons. The summed E-state index contributed by atoms with van der Waals surface area (Å²) in [6.45, 7) is 6.36. The Labute approximate surface area is 136 Å². The zero-order valence-electron chi connectivity index (χ0n) is 12.4. The van der Waals surface area contributed by atoms with Crippen LogP contribution in [0.1, 0.15) is 30.9 Å². The first kappa shape index (κ1) is 15.8. The van der Waals surface area contributed by atoms with Gasteiger partial charge in [-0.3, -0.25) is 0 Å². The van der Waals surface area contributed by atoms with Crippen LogP contribution in [0.5, 0.6) is 0 Å². The van der Waals surface area contributed by atoms with Crippen molar-refractivity contribution in [3.05, 3.63) is 58.6 Å². The van der Waals surface area contributed by atoms with Crippen molar-refractivity contribution in [2.24, 2.45) is 0 Å². The molecule has 0 bridgehead atoms. The third-order valence-corrected chi connectivity index (χ3v) is 3.70. The standard InChI is InChI=1S/C17H19ClN2S/c1-11(2)13-5-4-6-15(9-13)19-17(21)20-16-10-14(18)8-7-12(16)3/h4-11H,1-3H3,(H2,19,20,21). The van der Waals surface area contributed by atoms with Crippen molar-refractivity contribution in [1.29, 1.82) is 0 Å². The molecule has 2 nitrogen and oxygen atoms in total. The molecule has 110 valence electrons. The quantitative estimate of drug-likeness (QED) is 0.722. The van der Waals surface area contributed by atoms with Crippen LogP contribution in [0, 0.1) is 6.92 Å². The Morgan fingerprint density at radius 3 is 2.57 bits per heavy atom. The van der Waals surface area contributed by atoms with Gasteiger partial charge in [0, 0.05) is 16.4 Å². The smallest absolute Gasteiger partial charge is 0.175 e. The normalized spacial score (nSPS) is 10.5. The van der Waals surface area contributed by atoms with E-state index in [4.69, 9.17) is 23.8 Å². The lowest BCUT2D eigenvalue weighted by molar-refractivity contribution is 0.867. The fourth-order valence-corrected chi connectivity index (χ4v) is 2.39. The van der Waals surface area contributed by atoms with Crippen molar-refractivity contribution in [2.75, 3.05) is 10.6 Å². The van der Waals surface area contributed by atoms with E-state index in [1.807, 2.05) is 37.3 Å². The topological polar surface area (TPSA) is 24.1 Å². The lowest BCUT2D eigenvalue weighted by atomic mass is 10.0. The summed E-state index contributed by atoms with van der Waals surface area (Å²) in [7, 11) is 0. The predicted molar refractivity (Wildman–Crippen MR) is 96.6 cm³/mol. The maximum absolute atomic E-state index is 6.01. The van der Waals surface area contributed by atoms with Crippen LogP contribution in [0.25, 0.3) is 0 Å². The molecule has 0 atom stereocenters. The van der Waals surface area contributed by atoms with Crippen molar-refractivity contribution < 1.29 is 0 Å². The molecule has 0 spiro atoms. The summed E-state index contributed by atoms with van der Waals surface area (Å²) in [5.41, 5.74) is 4.28. The molecule has 0 aliphatic heterocycles. The zero-order valence-corrected chi connectivity index (χ0v) is 14.0. The van der Waals surface area contributed by atoms with E-state index in [0.29, 0.717) is 16.1 Å². The molecule has 0 aliphatic carbocycles. The molecule has 4 heteroatoms. The number of aryl methyl sites for hydroxylation is 1. The Kier molecular flexibility index (Phi) is 5.21. The highest BCUT2D eigenvalue weighted by Gasteiger charge is 2.04. The maximum Gasteiger partial charge on any atom is 0.175 e. The third-order valence-electron chi connectivity index (χ3n) is 3.26. The van der Waals surface area contributed by atoms with Crippen LogP contribution in [-0.4, -0.2) is 5.11 Å². The Hall–Kier alpha value is -1.58. The van der Waals surface area contributed by atoms with Gasteiger partial charge in [0.15, 0.2) is 5.11 Å². The number of nitrogens with one attached hydrogen (secondary N) is 2. The maximum atomic E-state index is 6.01. The van der Waals surface area contributed by atoms with E-state index in [2.05, 4.69) is 36.6 Å². The van der Waals surface area contributed by atoms with Crippen molar-refractivity contribution in [3.8, 4) is 0 Å². The first-order chi connectivity index (χ1) is 9.95.